The first-order chi connectivity index (χ1) is 15.5. The Morgan fingerprint density at radius 1 is 1.06 bits per heavy atom. The van der Waals surface area contributed by atoms with Crippen LogP contribution in [-0.2, 0) is 10.0 Å². The van der Waals surface area contributed by atoms with Crippen molar-refractivity contribution in [2.24, 2.45) is 0 Å². The van der Waals surface area contributed by atoms with Crippen LogP contribution >= 0.6 is 0 Å². The third-order valence-electron chi connectivity index (χ3n) is 4.56. The number of nitrogens with zero attached hydrogens (tertiary/aromatic N) is 1. The summed E-state index contributed by atoms with van der Waals surface area (Å²) < 4.78 is 68.3. The summed E-state index contributed by atoms with van der Waals surface area (Å²) in [5.41, 5.74) is -0.158. The predicted molar refractivity (Wildman–Crippen MR) is 120 cm³/mol. The molecule has 0 bridgehead atoms. The predicted octanol–water partition coefficient (Wildman–Crippen LogP) is 4.37. The van der Waals surface area contributed by atoms with E-state index in [-0.39, 0.29) is 46.8 Å². The molecule has 2 rings (SSSR count). The molecule has 1 N–H and O–H groups in total. The Morgan fingerprint density at radius 2 is 1.73 bits per heavy atom. The molecule has 182 valence electrons. The number of benzene rings is 2. The number of amides is 1. The monoisotopic (exact) mass is 486 g/mol. The van der Waals surface area contributed by atoms with Crippen molar-refractivity contribution in [3.8, 4) is 17.2 Å². The zero-order valence-electron chi connectivity index (χ0n) is 19.1. The van der Waals surface area contributed by atoms with Gasteiger partial charge in [0, 0.05) is 13.1 Å². The smallest absolute Gasteiger partial charge is 0.387 e. The van der Waals surface area contributed by atoms with Crippen molar-refractivity contribution in [2.75, 3.05) is 25.5 Å². The van der Waals surface area contributed by atoms with Crippen molar-refractivity contribution in [1.82, 2.24) is 4.31 Å². The number of carbonyl (C=O) groups excluding carboxylic acids is 1. The molecule has 33 heavy (non-hydrogen) atoms. The van der Waals surface area contributed by atoms with Crippen LogP contribution in [0.1, 0.15) is 38.1 Å². The second kappa shape index (κ2) is 11.3. The van der Waals surface area contributed by atoms with Gasteiger partial charge in [-0.3, -0.25) is 4.79 Å². The molecule has 0 fully saturated rings. The van der Waals surface area contributed by atoms with Crippen molar-refractivity contribution in [3.05, 3.63) is 42.0 Å². The van der Waals surface area contributed by atoms with Gasteiger partial charge in [-0.25, -0.2) is 8.42 Å². The van der Waals surface area contributed by atoms with Crippen molar-refractivity contribution < 1.29 is 36.2 Å². The summed E-state index contributed by atoms with van der Waals surface area (Å²) in [4.78, 5) is 13.0. The number of hydrogen-bond donors (Lipinski definition) is 1. The zero-order valence-corrected chi connectivity index (χ0v) is 19.9. The molecule has 2 aromatic rings. The van der Waals surface area contributed by atoms with Gasteiger partial charge in [0.2, 0.25) is 10.0 Å². The number of hydrogen-bond acceptors (Lipinski definition) is 6. The van der Waals surface area contributed by atoms with Gasteiger partial charge in [-0.15, -0.1) is 0 Å². The van der Waals surface area contributed by atoms with Crippen LogP contribution in [0.4, 0.5) is 14.5 Å². The Labute approximate surface area is 192 Å². The van der Waals surface area contributed by atoms with Crippen LogP contribution in [0.25, 0.3) is 0 Å². The number of para-hydroxylation sites is 1. The van der Waals surface area contributed by atoms with Crippen LogP contribution < -0.4 is 19.5 Å². The topological polar surface area (TPSA) is 94.2 Å². The number of rotatable bonds is 11. The fraction of sp³-hybridized carbons (Fsp3) is 0.409. The summed E-state index contributed by atoms with van der Waals surface area (Å²) in [6.07, 6.45) is -0.277. The summed E-state index contributed by atoms with van der Waals surface area (Å²) in [6.45, 7) is 4.31. The van der Waals surface area contributed by atoms with E-state index in [2.05, 4.69) is 10.1 Å². The molecular formula is C22H28F2N2O6S. The molecule has 0 atom stereocenters. The molecule has 11 heteroatoms. The third kappa shape index (κ3) is 6.32. The number of alkyl halides is 2. The molecule has 0 unspecified atom stereocenters. The molecule has 0 aromatic heterocycles. The number of anilines is 1. The highest BCUT2D eigenvalue weighted by Gasteiger charge is 2.25. The zero-order chi connectivity index (χ0) is 24.8. The summed E-state index contributed by atoms with van der Waals surface area (Å²) in [7, 11) is -2.57. The molecule has 2 aromatic carbocycles. The van der Waals surface area contributed by atoms with E-state index in [9.17, 15) is 22.0 Å². The van der Waals surface area contributed by atoms with Gasteiger partial charge in [0.15, 0.2) is 11.5 Å². The fourth-order valence-electron chi connectivity index (χ4n) is 3.09. The van der Waals surface area contributed by atoms with Crippen LogP contribution in [0.15, 0.2) is 41.3 Å². The quantitative estimate of drug-likeness (QED) is 0.507. The second-order valence-electron chi connectivity index (χ2n) is 7.08. The van der Waals surface area contributed by atoms with Gasteiger partial charge in [0.1, 0.15) is 5.75 Å². The highest BCUT2D eigenvalue weighted by Crippen LogP contribution is 2.35. The first-order valence-electron chi connectivity index (χ1n) is 10.3. The minimum atomic E-state index is -3.82. The first-order valence-corrected chi connectivity index (χ1v) is 11.7. The van der Waals surface area contributed by atoms with Gasteiger partial charge >= 0.3 is 6.61 Å². The van der Waals surface area contributed by atoms with E-state index in [0.29, 0.717) is 0 Å². The molecular weight excluding hydrogens is 458 g/mol. The van der Waals surface area contributed by atoms with Gasteiger partial charge in [-0.2, -0.15) is 13.1 Å². The molecule has 0 saturated heterocycles. The van der Waals surface area contributed by atoms with Gasteiger partial charge in [0.05, 0.1) is 29.4 Å². The van der Waals surface area contributed by atoms with Gasteiger partial charge in [0.25, 0.3) is 5.91 Å². The Balaban J connectivity index is 2.54. The normalized spacial score (nSPS) is 11.7. The number of nitrogens with one attached hydrogen (secondary N) is 1. The fourth-order valence-corrected chi connectivity index (χ4v) is 4.58. The molecule has 8 nitrogen and oxygen atoms in total. The summed E-state index contributed by atoms with van der Waals surface area (Å²) >= 11 is 0. The molecule has 0 heterocycles. The highest BCUT2D eigenvalue weighted by atomic mass is 32.2. The molecule has 0 aliphatic rings. The van der Waals surface area contributed by atoms with Gasteiger partial charge < -0.3 is 19.5 Å². The standard InChI is InChI=1S/C22H28F2N2O6S/c1-6-26(7-2)33(28,29)15-11-12-18(31-14(3)4)17(13-15)25-21(27)16-9-8-10-19(30-5)20(16)32-22(23)24/h8-14,22H,6-7H2,1-5H3,(H,25,27). The minimum absolute atomic E-state index is 0.0488. The van der Waals surface area contributed by atoms with E-state index >= 15 is 0 Å². The molecule has 0 saturated carbocycles. The van der Waals surface area contributed by atoms with Crippen LogP contribution in [-0.4, -0.2) is 51.5 Å². The SMILES string of the molecule is CCN(CC)S(=O)(=O)c1ccc(OC(C)C)c(NC(=O)c2cccc(OC)c2OC(F)F)c1. The van der Waals surface area contributed by atoms with Crippen LogP contribution in [0.5, 0.6) is 17.2 Å². The highest BCUT2D eigenvalue weighted by molar-refractivity contribution is 7.89. The lowest BCUT2D eigenvalue weighted by atomic mass is 10.1. The maximum atomic E-state index is 13.0. The van der Waals surface area contributed by atoms with Crippen molar-refractivity contribution in [2.45, 2.75) is 45.3 Å². The molecule has 1 amide bonds. The van der Waals surface area contributed by atoms with Gasteiger partial charge in [-0.05, 0) is 44.2 Å². The average molecular weight is 487 g/mol. The maximum Gasteiger partial charge on any atom is 0.387 e. The third-order valence-corrected chi connectivity index (χ3v) is 6.60. The van der Waals surface area contributed by atoms with E-state index in [1.54, 1.807) is 27.7 Å². The number of methoxy groups -OCH3 is 1. The van der Waals surface area contributed by atoms with Crippen molar-refractivity contribution in [3.63, 3.8) is 0 Å². The second-order valence-corrected chi connectivity index (χ2v) is 9.02. The van der Waals surface area contributed by atoms with Crippen molar-refractivity contribution >= 4 is 21.6 Å². The average Bonchev–Trinajstić information content (AvgIpc) is 2.74. The Morgan fingerprint density at radius 3 is 2.27 bits per heavy atom. The maximum absolute atomic E-state index is 13.0. The molecule has 0 aliphatic carbocycles. The number of halogens is 2. The van der Waals surface area contributed by atoms with E-state index < -0.39 is 28.3 Å². The number of sulfonamides is 1. The lowest BCUT2D eigenvalue weighted by molar-refractivity contribution is -0.0515. The van der Waals surface area contributed by atoms with Crippen LogP contribution in [0.2, 0.25) is 0 Å². The Bertz CT molecular complexity index is 1070. The van der Waals surface area contributed by atoms with Gasteiger partial charge in [-0.1, -0.05) is 19.9 Å². The lowest BCUT2D eigenvalue weighted by Crippen LogP contribution is -2.30. The van der Waals surface area contributed by atoms with Crippen LogP contribution in [0, 0.1) is 0 Å². The molecule has 0 aliphatic heterocycles. The van der Waals surface area contributed by atoms with E-state index in [0.717, 1.165) is 0 Å². The summed E-state index contributed by atoms with van der Waals surface area (Å²) in [6, 6.07) is 8.20. The molecule has 0 spiro atoms. The van der Waals surface area contributed by atoms with E-state index in [1.807, 2.05) is 0 Å². The van der Waals surface area contributed by atoms with E-state index in [1.165, 1.54) is 47.8 Å². The number of carbonyl (C=O) groups is 1. The molecule has 0 radical (unpaired) electrons. The Kier molecular flexibility index (Phi) is 9.00. The minimum Gasteiger partial charge on any atom is -0.493 e. The first kappa shape index (κ1) is 26.3. The lowest BCUT2D eigenvalue weighted by Gasteiger charge is -2.21. The largest absolute Gasteiger partial charge is 0.493 e. The van der Waals surface area contributed by atoms with Crippen LogP contribution in [0.3, 0.4) is 0 Å². The summed E-state index contributed by atoms with van der Waals surface area (Å²) in [5, 5.41) is 2.56. The van der Waals surface area contributed by atoms with Crippen molar-refractivity contribution in [1.29, 1.82) is 0 Å². The number of ether oxygens (including phenoxy) is 3. The van der Waals surface area contributed by atoms with E-state index in [4.69, 9.17) is 9.47 Å². The Hall–Kier alpha value is -2.92. The summed E-state index contributed by atoms with van der Waals surface area (Å²) in [5.74, 6) is -1.09.